The summed E-state index contributed by atoms with van der Waals surface area (Å²) in [5.41, 5.74) is 0.744. The average molecular weight is 194 g/mol. The molecule has 0 spiro atoms. The molecule has 0 heterocycles. The summed E-state index contributed by atoms with van der Waals surface area (Å²) >= 11 is 0. The lowest BCUT2D eigenvalue weighted by atomic mass is 10.1. The summed E-state index contributed by atoms with van der Waals surface area (Å²) in [4.78, 5) is 10.8. The van der Waals surface area contributed by atoms with E-state index in [0.29, 0.717) is 12.0 Å². The minimum absolute atomic E-state index is 0.215. The first-order chi connectivity index (χ1) is 6.65. The van der Waals surface area contributed by atoms with E-state index in [9.17, 15) is 9.18 Å². The van der Waals surface area contributed by atoms with Gasteiger partial charge in [-0.05, 0) is 24.1 Å². The van der Waals surface area contributed by atoms with Crippen LogP contribution in [0.4, 0.5) is 4.39 Å². The van der Waals surface area contributed by atoms with Crippen LogP contribution in [0.1, 0.15) is 18.9 Å². The predicted molar refractivity (Wildman–Crippen MR) is 52.3 cm³/mol. The maximum atomic E-state index is 12.6. The van der Waals surface area contributed by atoms with E-state index in [1.165, 1.54) is 24.3 Å². The van der Waals surface area contributed by atoms with Crippen molar-refractivity contribution in [3.8, 4) is 0 Å². The Balaban J connectivity index is 3.06. The van der Waals surface area contributed by atoms with Crippen LogP contribution in [0.3, 0.4) is 0 Å². The van der Waals surface area contributed by atoms with E-state index in [1.54, 1.807) is 6.08 Å². The van der Waals surface area contributed by atoms with Gasteiger partial charge in [-0.1, -0.05) is 25.1 Å². The third-order valence-corrected chi connectivity index (χ3v) is 1.79. The fourth-order valence-electron chi connectivity index (χ4n) is 1.16. The number of carboxylic acid groups (broad SMARTS) is 1. The molecule has 3 heteroatoms. The summed E-state index contributed by atoms with van der Waals surface area (Å²) in [6, 6.07) is 5.43. The van der Waals surface area contributed by atoms with Crippen LogP contribution in [-0.4, -0.2) is 11.1 Å². The Morgan fingerprint density at radius 2 is 2.00 bits per heavy atom. The van der Waals surface area contributed by atoms with Gasteiger partial charge in [-0.15, -0.1) is 0 Å². The smallest absolute Gasteiger partial charge is 0.335 e. The highest BCUT2D eigenvalue weighted by molar-refractivity contribution is 6.15. The largest absolute Gasteiger partial charge is 0.478 e. The average Bonchev–Trinajstić information content (AvgIpc) is 2.15. The maximum absolute atomic E-state index is 12.6. The van der Waals surface area contributed by atoms with Crippen LogP contribution in [0.5, 0.6) is 0 Å². The standard InChI is InChI=1S/C11H11FO2/c1-2-3-10(11(13)14)8-4-6-9(12)7-5-8/h3-7H,2H2,1H3,(H,13,14)/b10-3+. The molecule has 0 fully saturated rings. The first-order valence-electron chi connectivity index (χ1n) is 4.34. The fraction of sp³-hybridized carbons (Fsp3) is 0.182. The van der Waals surface area contributed by atoms with Gasteiger partial charge in [-0.25, -0.2) is 9.18 Å². The number of carbonyl (C=O) groups is 1. The molecule has 0 aromatic heterocycles. The Morgan fingerprint density at radius 3 is 2.43 bits per heavy atom. The lowest BCUT2D eigenvalue weighted by Crippen LogP contribution is -1.99. The zero-order valence-electron chi connectivity index (χ0n) is 7.83. The normalized spacial score (nSPS) is 11.4. The third-order valence-electron chi connectivity index (χ3n) is 1.79. The maximum Gasteiger partial charge on any atom is 0.335 e. The van der Waals surface area contributed by atoms with Crippen molar-refractivity contribution in [1.29, 1.82) is 0 Å². The Hall–Kier alpha value is -1.64. The molecule has 1 aromatic carbocycles. The first-order valence-corrected chi connectivity index (χ1v) is 4.34. The van der Waals surface area contributed by atoms with Crippen LogP contribution < -0.4 is 0 Å². The van der Waals surface area contributed by atoms with Crippen molar-refractivity contribution in [1.82, 2.24) is 0 Å². The number of carboxylic acids is 1. The summed E-state index contributed by atoms with van der Waals surface area (Å²) in [5, 5.41) is 8.87. The summed E-state index contributed by atoms with van der Waals surface area (Å²) in [7, 11) is 0. The topological polar surface area (TPSA) is 37.3 Å². The molecule has 14 heavy (non-hydrogen) atoms. The molecule has 1 N–H and O–H groups in total. The van der Waals surface area contributed by atoms with Gasteiger partial charge in [0, 0.05) is 0 Å². The van der Waals surface area contributed by atoms with E-state index in [4.69, 9.17) is 5.11 Å². The Kier molecular flexibility index (Phi) is 3.40. The summed E-state index contributed by atoms with van der Waals surface area (Å²) in [6.07, 6.45) is 2.24. The number of hydrogen-bond donors (Lipinski definition) is 1. The molecule has 74 valence electrons. The molecule has 1 rings (SSSR count). The number of aliphatic carboxylic acids is 1. The minimum atomic E-state index is -0.988. The molecule has 0 saturated carbocycles. The van der Waals surface area contributed by atoms with E-state index >= 15 is 0 Å². The van der Waals surface area contributed by atoms with Crippen LogP contribution in [0.2, 0.25) is 0 Å². The molecule has 0 aliphatic rings. The second-order valence-electron chi connectivity index (χ2n) is 2.84. The van der Waals surface area contributed by atoms with Crippen molar-refractivity contribution in [3.05, 3.63) is 41.7 Å². The highest BCUT2D eigenvalue weighted by Gasteiger charge is 2.08. The van der Waals surface area contributed by atoms with E-state index in [0.717, 1.165) is 0 Å². The molecule has 2 nitrogen and oxygen atoms in total. The predicted octanol–water partition coefficient (Wildman–Crippen LogP) is 2.70. The Morgan fingerprint density at radius 1 is 1.43 bits per heavy atom. The van der Waals surface area contributed by atoms with Crippen LogP contribution in [0.25, 0.3) is 5.57 Å². The van der Waals surface area contributed by atoms with Gasteiger partial charge < -0.3 is 5.11 Å². The highest BCUT2D eigenvalue weighted by atomic mass is 19.1. The van der Waals surface area contributed by atoms with E-state index < -0.39 is 5.97 Å². The summed E-state index contributed by atoms with van der Waals surface area (Å²) < 4.78 is 12.6. The molecule has 0 amide bonds. The molecule has 0 bridgehead atoms. The van der Waals surface area contributed by atoms with Crippen molar-refractivity contribution in [3.63, 3.8) is 0 Å². The minimum Gasteiger partial charge on any atom is -0.478 e. The second kappa shape index (κ2) is 4.56. The van der Waals surface area contributed by atoms with Gasteiger partial charge in [0.05, 0.1) is 5.57 Å². The van der Waals surface area contributed by atoms with Gasteiger partial charge in [0.2, 0.25) is 0 Å². The number of halogens is 1. The van der Waals surface area contributed by atoms with Crippen molar-refractivity contribution in [2.24, 2.45) is 0 Å². The summed E-state index contributed by atoms with van der Waals surface area (Å²) in [5.74, 6) is -1.35. The number of benzene rings is 1. The molecule has 0 saturated heterocycles. The SMILES string of the molecule is CC/C=C(/C(=O)O)c1ccc(F)cc1. The molecular formula is C11H11FO2. The third kappa shape index (κ3) is 2.42. The number of rotatable bonds is 3. The van der Waals surface area contributed by atoms with Crippen LogP contribution in [0.15, 0.2) is 30.3 Å². The van der Waals surface area contributed by atoms with Gasteiger partial charge in [-0.3, -0.25) is 0 Å². The van der Waals surface area contributed by atoms with E-state index in [-0.39, 0.29) is 11.4 Å². The van der Waals surface area contributed by atoms with Gasteiger partial charge in [0.1, 0.15) is 5.82 Å². The highest BCUT2D eigenvalue weighted by Crippen LogP contribution is 2.15. The van der Waals surface area contributed by atoms with Crippen LogP contribution >= 0.6 is 0 Å². The van der Waals surface area contributed by atoms with Crippen molar-refractivity contribution < 1.29 is 14.3 Å². The molecule has 0 aliphatic carbocycles. The molecule has 0 aliphatic heterocycles. The fourth-order valence-corrected chi connectivity index (χ4v) is 1.16. The van der Waals surface area contributed by atoms with Gasteiger partial charge in [0.25, 0.3) is 0 Å². The van der Waals surface area contributed by atoms with Crippen molar-refractivity contribution >= 4 is 11.5 Å². The van der Waals surface area contributed by atoms with Crippen LogP contribution in [-0.2, 0) is 4.79 Å². The van der Waals surface area contributed by atoms with Gasteiger partial charge in [0.15, 0.2) is 0 Å². The van der Waals surface area contributed by atoms with Crippen LogP contribution in [0, 0.1) is 5.82 Å². The van der Waals surface area contributed by atoms with E-state index in [1.807, 2.05) is 6.92 Å². The van der Waals surface area contributed by atoms with Crippen molar-refractivity contribution in [2.45, 2.75) is 13.3 Å². The zero-order valence-corrected chi connectivity index (χ0v) is 7.83. The molecular weight excluding hydrogens is 183 g/mol. The molecule has 0 unspecified atom stereocenters. The monoisotopic (exact) mass is 194 g/mol. The number of hydrogen-bond acceptors (Lipinski definition) is 1. The lowest BCUT2D eigenvalue weighted by Gasteiger charge is -2.01. The lowest BCUT2D eigenvalue weighted by molar-refractivity contribution is -0.130. The van der Waals surface area contributed by atoms with Gasteiger partial charge >= 0.3 is 5.97 Å². The van der Waals surface area contributed by atoms with Gasteiger partial charge in [-0.2, -0.15) is 0 Å². The molecule has 0 radical (unpaired) electrons. The zero-order chi connectivity index (χ0) is 10.6. The Bertz CT molecular complexity index is 352. The Labute approximate surface area is 81.7 Å². The van der Waals surface area contributed by atoms with E-state index in [2.05, 4.69) is 0 Å². The first kappa shape index (κ1) is 10.4. The second-order valence-corrected chi connectivity index (χ2v) is 2.84. The van der Waals surface area contributed by atoms with Crippen molar-refractivity contribution in [2.75, 3.05) is 0 Å². The summed E-state index contributed by atoms with van der Waals surface area (Å²) in [6.45, 7) is 1.85. The molecule has 0 atom stereocenters. The molecule has 1 aromatic rings. The number of allylic oxidation sites excluding steroid dienone is 1. The quantitative estimate of drug-likeness (QED) is 0.751.